The van der Waals surface area contributed by atoms with E-state index < -0.39 is 0 Å². The minimum Gasteiger partial charge on any atom is -0.482 e. The van der Waals surface area contributed by atoms with E-state index in [9.17, 15) is 9.59 Å². The zero-order valence-electron chi connectivity index (χ0n) is 12.1. The average molecular weight is 368 g/mol. The summed E-state index contributed by atoms with van der Waals surface area (Å²) in [5.41, 5.74) is 0.718. The first-order chi connectivity index (χ1) is 10.6. The van der Waals surface area contributed by atoms with Crippen LogP contribution in [-0.4, -0.2) is 44.6 Å². The van der Waals surface area contributed by atoms with E-state index in [1.165, 1.54) is 0 Å². The third kappa shape index (κ3) is 3.41. The maximum atomic E-state index is 12.0. The van der Waals surface area contributed by atoms with E-state index in [1.54, 1.807) is 4.90 Å². The molecule has 0 saturated carbocycles. The highest BCUT2D eigenvalue weighted by Crippen LogP contribution is 2.34. The number of fused-ring (bicyclic) bond motifs is 1. The quantitative estimate of drug-likeness (QED) is 0.810. The Balaban J connectivity index is 1.57. The Morgan fingerprint density at radius 3 is 3.00 bits per heavy atom. The molecule has 2 N–H and O–H groups in total. The molecule has 1 aromatic rings. The Hall–Kier alpha value is -1.60. The Kier molecular flexibility index (Phi) is 4.63. The molecule has 0 radical (unpaired) electrons. The molecular formula is C15H18BrN3O3. The smallest absolute Gasteiger partial charge is 0.265 e. The zero-order valence-corrected chi connectivity index (χ0v) is 13.7. The maximum absolute atomic E-state index is 12.0. The predicted octanol–water partition coefficient (Wildman–Crippen LogP) is 0.900. The summed E-state index contributed by atoms with van der Waals surface area (Å²) >= 11 is 3.38. The fraction of sp³-hybridized carbons (Fsp3) is 0.467. The third-order valence-corrected chi connectivity index (χ3v) is 4.37. The SMILES string of the molecule is O=C(CCN1C(=O)COc2cc(Br)ccc21)NCC1CNC1. The van der Waals surface area contributed by atoms with Gasteiger partial charge in [0.2, 0.25) is 5.91 Å². The average Bonchev–Trinajstić information content (AvgIpc) is 2.44. The van der Waals surface area contributed by atoms with Crippen LogP contribution in [0.4, 0.5) is 5.69 Å². The summed E-state index contributed by atoms with van der Waals surface area (Å²) in [6.45, 7) is 3.01. The van der Waals surface area contributed by atoms with Gasteiger partial charge in [0.05, 0.1) is 5.69 Å². The van der Waals surface area contributed by atoms with E-state index in [4.69, 9.17) is 4.74 Å². The largest absolute Gasteiger partial charge is 0.482 e. The fourth-order valence-corrected chi connectivity index (χ4v) is 2.82. The second kappa shape index (κ2) is 6.66. The number of carbonyl (C=O) groups excluding carboxylic acids is 2. The normalized spacial score (nSPS) is 17.5. The van der Waals surface area contributed by atoms with Gasteiger partial charge in [-0.25, -0.2) is 0 Å². The number of nitrogens with zero attached hydrogens (tertiary/aromatic N) is 1. The summed E-state index contributed by atoms with van der Waals surface area (Å²) in [4.78, 5) is 25.5. The van der Waals surface area contributed by atoms with E-state index in [2.05, 4.69) is 26.6 Å². The molecule has 22 heavy (non-hydrogen) atoms. The molecule has 6 nitrogen and oxygen atoms in total. The highest BCUT2D eigenvalue weighted by Gasteiger charge is 2.26. The number of benzene rings is 1. The van der Waals surface area contributed by atoms with Crippen LogP contribution in [-0.2, 0) is 9.59 Å². The second-order valence-electron chi connectivity index (χ2n) is 5.52. The Labute approximate surface area is 137 Å². The van der Waals surface area contributed by atoms with Crippen LogP contribution < -0.4 is 20.3 Å². The van der Waals surface area contributed by atoms with Crippen LogP contribution >= 0.6 is 15.9 Å². The van der Waals surface area contributed by atoms with Crippen LogP contribution in [0, 0.1) is 5.92 Å². The lowest BCUT2D eigenvalue weighted by Crippen LogP contribution is -2.48. The van der Waals surface area contributed by atoms with Gasteiger partial charge in [-0.2, -0.15) is 0 Å². The van der Waals surface area contributed by atoms with Crippen LogP contribution in [0.25, 0.3) is 0 Å². The van der Waals surface area contributed by atoms with Crippen LogP contribution in [0.2, 0.25) is 0 Å². The summed E-state index contributed by atoms with van der Waals surface area (Å²) < 4.78 is 6.32. The fourth-order valence-electron chi connectivity index (χ4n) is 2.48. The highest BCUT2D eigenvalue weighted by atomic mass is 79.9. The molecule has 1 saturated heterocycles. The van der Waals surface area contributed by atoms with Crippen molar-refractivity contribution in [2.45, 2.75) is 6.42 Å². The predicted molar refractivity (Wildman–Crippen MR) is 86.0 cm³/mol. The summed E-state index contributed by atoms with van der Waals surface area (Å²) in [5, 5.41) is 6.08. The van der Waals surface area contributed by atoms with Crippen LogP contribution in [0.1, 0.15) is 6.42 Å². The number of halogens is 1. The standard InChI is InChI=1S/C15H18BrN3O3/c16-11-1-2-12-13(5-11)22-9-15(21)19(12)4-3-14(20)18-8-10-6-17-7-10/h1-2,5,10,17H,3-4,6-9H2,(H,18,20). The Morgan fingerprint density at radius 1 is 1.45 bits per heavy atom. The Morgan fingerprint density at radius 2 is 2.27 bits per heavy atom. The maximum Gasteiger partial charge on any atom is 0.265 e. The van der Waals surface area contributed by atoms with Crippen molar-refractivity contribution in [3.63, 3.8) is 0 Å². The third-order valence-electron chi connectivity index (χ3n) is 3.88. The van der Waals surface area contributed by atoms with Gasteiger partial charge < -0.3 is 20.3 Å². The lowest BCUT2D eigenvalue weighted by Gasteiger charge is -2.30. The van der Waals surface area contributed by atoms with Crippen molar-refractivity contribution in [2.24, 2.45) is 5.92 Å². The molecule has 0 aliphatic carbocycles. The number of carbonyl (C=O) groups is 2. The molecule has 118 valence electrons. The molecule has 2 amide bonds. The molecule has 0 aromatic heterocycles. The lowest BCUT2D eigenvalue weighted by atomic mass is 10.0. The number of amides is 2. The summed E-state index contributed by atoms with van der Waals surface area (Å²) in [6, 6.07) is 5.52. The number of rotatable bonds is 5. The van der Waals surface area contributed by atoms with Gasteiger partial charge in [-0.05, 0) is 18.2 Å². The number of ether oxygens (including phenoxy) is 1. The van der Waals surface area contributed by atoms with Crippen molar-refractivity contribution < 1.29 is 14.3 Å². The van der Waals surface area contributed by atoms with E-state index in [0.29, 0.717) is 31.2 Å². The molecule has 0 unspecified atom stereocenters. The molecular weight excluding hydrogens is 350 g/mol. The minimum atomic E-state index is -0.120. The molecule has 0 atom stereocenters. The summed E-state index contributed by atoms with van der Waals surface area (Å²) in [6.07, 6.45) is 0.293. The number of anilines is 1. The van der Waals surface area contributed by atoms with Crippen molar-refractivity contribution >= 4 is 33.4 Å². The number of nitrogens with one attached hydrogen (secondary N) is 2. The van der Waals surface area contributed by atoms with Gasteiger partial charge in [0.15, 0.2) is 6.61 Å². The van der Waals surface area contributed by atoms with Crippen molar-refractivity contribution in [3.8, 4) is 5.75 Å². The molecule has 7 heteroatoms. The molecule has 1 aromatic carbocycles. The first-order valence-electron chi connectivity index (χ1n) is 7.33. The second-order valence-corrected chi connectivity index (χ2v) is 6.44. The minimum absolute atomic E-state index is 0.0127. The molecule has 1 fully saturated rings. The van der Waals surface area contributed by atoms with Gasteiger partial charge in [-0.1, -0.05) is 15.9 Å². The van der Waals surface area contributed by atoms with Crippen molar-refractivity contribution in [2.75, 3.05) is 37.7 Å². The van der Waals surface area contributed by atoms with Gasteiger partial charge in [-0.3, -0.25) is 9.59 Å². The highest BCUT2D eigenvalue weighted by molar-refractivity contribution is 9.10. The van der Waals surface area contributed by atoms with Gasteiger partial charge >= 0.3 is 0 Å². The van der Waals surface area contributed by atoms with E-state index in [0.717, 1.165) is 23.2 Å². The van der Waals surface area contributed by atoms with E-state index in [1.807, 2.05) is 18.2 Å². The van der Waals surface area contributed by atoms with Crippen LogP contribution in [0.15, 0.2) is 22.7 Å². The first-order valence-corrected chi connectivity index (χ1v) is 8.13. The monoisotopic (exact) mass is 367 g/mol. The summed E-state index contributed by atoms with van der Waals surface area (Å²) in [5.74, 6) is 1.05. The molecule has 0 bridgehead atoms. The van der Waals surface area contributed by atoms with E-state index in [-0.39, 0.29) is 18.4 Å². The van der Waals surface area contributed by atoms with Gasteiger partial charge in [0.25, 0.3) is 5.91 Å². The van der Waals surface area contributed by atoms with Gasteiger partial charge in [0.1, 0.15) is 5.75 Å². The van der Waals surface area contributed by atoms with E-state index >= 15 is 0 Å². The molecule has 2 aliphatic rings. The molecule has 2 heterocycles. The van der Waals surface area contributed by atoms with Gasteiger partial charge in [-0.15, -0.1) is 0 Å². The molecule has 3 rings (SSSR count). The molecule has 0 spiro atoms. The van der Waals surface area contributed by atoms with Crippen LogP contribution in [0.5, 0.6) is 5.75 Å². The van der Waals surface area contributed by atoms with Crippen LogP contribution in [0.3, 0.4) is 0 Å². The van der Waals surface area contributed by atoms with Gasteiger partial charge in [0, 0.05) is 43.0 Å². The summed E-state index contributed by atoms with van der Waals surface area (Å²) in [7, 11) is 0. The van der Waals surface area contributed by atoms with Crippen molar-refractivity contribution in [1.82, 2.24) is 10.6 Å². The van der Waals surface area contributed by atoms with Crippen molar-refractivity contribution in [1.29, 1.82) is 0 Å². The number of hydrogen-bond acceptors (Lipinski definition) is 4. The number of hydrogen-bond donors (Lipinski definition) is 2. The lowest BCUT2D eigenvalue weighted by molar-refractivity contribution is -0.122. The molecule has 2 aliphatic heterocycles. The van der Waals surface area contributed by atoms with Crippen molar-refractivity contribution in [3.05, 3.63) is 22.7 Å². The first kappa shape index (κ1) is 15.3. The Bertz CT molecular complexity index is 589. The zero-order chi connectivity index (χ0) is 15.5. The topological polar surface area (TPSA) is 70.7 Å².